The van der Waals surface area contributed by atoms with E-state index in [1.807, 2.05) is 0 Å². The molecular formula is C30H40BN. The summed E-state index contributed by atoms with van der Waals surface area (Å²) >= 11 is 0. The predicted molar refractivity (Wildman–Crippen MR) is 146 cm³/mol. The first kappa shape index (κ1) is 24.2. The molecule has 32 heavy (non-hydrogen) atoms. The molecule has 0 saturated heterocycles. The van der Waals surface area contributed by atoms with E-state index in [1.54, 1.807) is 0 Å². The minimum atomic E-state index is 0.227. The summed E-state index contributed by atoms with van der Waals surface area (Å²) in [5, 5.41) is 0. The Hall–Kier alpha value is -2.48. The van der Waals surface area contributed by atoms with Crippen LogP contribution in [0.15, 0.2) is 24.3 Å². The molecule has 3 rings (SSSR count). The van der Waals surface area contributed by atoms with Gasteiger partial charge in [-0.25, -0.2) is 0 Å². The van der Waals surface area contributed by atoms with Gasteiger partial charge in [-0.3, -0.25) is 0 Å². The summed E-state index contributed by atoms with van der Waals surface area (Å²) in [6, 6.07) is 9.42. The lowest BCUT2D eigenvalue weighted by molar-refractivity contribution is 1.08. The van der Waals surface area contributed by atoms with Crippen LogP contribution in [0.4, 0.5) is 5.69 Å². The summed E-state index contributed by atoms with van der Waals surface area (Å²) in [6.45, 7) is 23.0. The zero-order valence-electron chi connectivity index (χ0n) is 22.3. The minimum absolute atomic E-state index is 0.227. The van der Waals surface area contributed by atoms with Crippen molar-refractivity contribution in [3.05, 3.63) is 79.9 Å². The Bertz CT molecular complexity index is 1070. The first-order valence-electron chi connectivity index (χ1n) is 11.8. The highest BCUT2D eigenvalue weighted by Gasteiger charge is 2.32. The predicted octanol–water partition coefficient (Wildman–Crippen LogP) is 5.35. The molecule has 0 heterocycles. The first-order chi connectivity index (χ1) is 14.9. The monoisotopic (exact) mass is 425 g/mol. The molecule has 0 amide bonds. The second-order valence-corrected chi connectivity index (χ2v) is 10.2. The van der Waals surface area contributed by atoms with E-state index in [9.17, 15) is 0 Å². The molecule has 3 aromatic rings. The van der Waals surface area contributed by atoms with Crippen molar-refractivity contribution in [2.75, 3.05) is 19.0 Å². The van der Waals surface area contributed by atoms with Gasteiger partial charge in [0, 0.05) is 19.8 Å². The number of benzene rings is 3. The van der Waals surface area contributed by atoms with E-state index in [-0.39, 0.29) is 6.71 Å². The number of nitrogens with zero attached hydrogens (tertiary/aromatic N) is 1. The van der Waals surface area contributed by atoms with Gasteiger partial charge < -0.3 is 4.90 Å². The fraction of sp³-hybridized carbons (Fsp3) is 0.400. The van der Waals surface area contributed by atoms with Crippen LogP contribution in [0.25, 0.3) is 0 Å². The molecule has 3 aromatic carbocycles. The van der Waals surface area contributed by atoms with Crippen LogP contribution in [0.5, 0.6) is 0 Å². The number of anilines is 1. The minimum Gasteiger partial charge on any atom is -0.377 e. The molecule has 0 aliphatic heterocycles. The molecule has 0 aromatic heterocycles. The maximum absolute atomic E-state index is 2.35. The molecule has 0 aliphatic carbocycles. The summed E-state index contributed by atoms with van der Waals surface area (Å²) < 4.78 is 0. The quantitative estimate of drug-likeness (QED) is 0.509. The Balaban J connectivity index is 2.53. The number of rotatable bonds is 4. The Morgan fingerprint density at radius 1 is 0.469 bits per heavy atom. The zero-order valence-corrected chi connectivity index (χ0v) is 22.3. The third-order valence-corrected chi connectivity index (χ3v) is 7.43. The van der Waals surface area contributed by atoms with Crippen LogP contribution in [-0.2, 0) is 0 Å². The highest BCUT2D eigenvalue weighted by atomic mass is 15.1. The Labute approximate surface area is 197 Å². The summed E-state index contributed by atoms with van der Waals surface area (Å²) in [5.74, 6) is 0. The average molecular weight is 425 g/mol. The summed E-state index contributed by atoms with van der Waals surface area (Å²) in [5.41, 5.74) is 19.6. The molecule has 168 valence electrons. The van der Waals surface area contributed by atoms with Gasteiger partial charge in [-0.2, -0.15) is 0 Å². The fourth-order valence-corrected chi connectivity index (χ4v) is 6.15. The molecule has 0 N–H and O–H groups in total. The number of hydrogen-bond donors (Lipinski definition) is 0. The zero-order chi connectivity index (χ0) is 24.1. The second kappa shape index (κ2) is 8.81. The highest BCUT2D eigenvalue weighted by Crippen LogP contribution is 2.28. The van der Waals surface area contributed by atoms with E-state index in [0.717, 1.165) is 0 Å². The van der Waals surface area contributed by atoms with E-state index >= 15 is 0 Å². The standard InChI is InChI=1S/C30H40BN/c1-17-13-19(3)27(20(4)14-17)31(28-21(5)15-18(2)16-22(28)6)29-23(7)25(9)30(32(11)12)26(10)24(29)8/h13-16H,1-12H3. The van der Waals surface area contributed by atoms with Crippen molar-refractivity contribution in [1.82, 2.24) is 0 Å². The molecule has 0 unspecified atom stereocenters. The fourth-order valence-electron chi connectivity index (χ4n) is 6.15. The number of hydrogen-bond acceptors (Lipinski definition) is 1. The van der Waals surface area contributed by atoms with Gasteiger partial charge in [0.15, 0.2) is 0 Å². The van der Waals surface area contributed by atoms with Gasteiger partial charge in [-0.15, -0.1) is 0 Å². The van der Waals surface area contributed by atoms with E-state index in [4.69, 9.17) is 0 Å². The van der Waals surface area contributed by atoms with Crippen LogP contribution in [0, 0.1) is 69.2 Å². The molecule has 2 heteroatoms. The van der Waals surface area contributed by atoms with Crippen molar-refractivity contribution in [2.45, 2.75) is 69.2 Å². The van der Waals surface area contributed by atoms with E-state index in [0.29, 0.717) is 0 Å². The van der Waals surface area contributed by atoms with Crippen LogP contribution < -0.4 is 21.3 Å². The third-order valence-electron chi connectivity index (χ3n) is 7.43. The van der Waals surface area contributed by atoms with Crippen LogP contribution in [0.3, 0.4) is 0 Å². The molecule has 0 saturated carbocycles. The van der Waals surface area contributed by atoms with Crippen molar-refractivity contribution in [1.29, 1.82) is 0 Å². The van der Waals surface area contributed by atoms with Gasteiger partial charge in [-0.05, 0) is 80.4 Å². The van der Waals surface area contributed by atoms with Crippen molar-refractivity contribution in [3.8, 4) is 0 Å². The van der Waals surface area contributed by atoms with E-state index in [1.165, 1.54) is 77.7 Å². The smallest absolute Gasteiger partial charge is 0.243 e. The third kappa shape index (κ3) is 4.01. The molecule has 0 radical (unpaired) electrons. The lowest BCUT2D eigenvalue weighted by Crippen LogP contribution is -2.57. The Kier molecular flexibility index (Phi) is 6.66. The van der Waals surface area contributed by atoms with Gasteiger partial charge in [0.2, 0.25) is 6.71 Å². The highest BCUT2D eigenvalue weighted by molar-refractivity contribution is 6.97. The normalized spacial score (nSPS) is 11.1. The van der Waals surface area contributed by atoms with Gasteiger partial charge in [-0.1, -0.05) is 85.2 Å². The van der Waals surface area contributed by atoms with Gasteiger partial charge in [0.25, 0.3) is 0 Å². The van der Waals surface area contributed by atoms with Gasteiger partial charge in [0.05, 0.1) is 0 Å². The topological polar surface area (TPSA) is 3.24 Å². The maximum Gasteiger partial charge on any atom is 0.243 e. The van der Waals surface area contributed by atoms with Crippen LogP contribution in [0.2, 0.25) is 0 Å². The van der Waals surface area contributed by atoms with Gasteiger partial charge in [0.1, 0.15) is 0 Å². The lowest BCUT2D eigenvalue weighted by Gasteiger charge is -2.31. The Morgan fingerprint density at radius 2 is 0.781 bits per heavy atom. The molecule has 0 bridgehead atoms. The molecular weight excluding hydrogens is 385 g/mol. The molecule has 0 spiro atoms. The summed E-state index contributed by atoms with van der Waals surface area (Å²) in [6.07, 6.45) is 0. The second-order valence-electron chi connectivity index (χ2n) is 10.2. The summed E-state index contributed by atoms with van der Waals surface area (Å²) in [7, 11) is 4.32. The maximum atomic E-state index is 2.35. The van der Waals surface area contributed by atoms with Crippen molar-refractivity contribution in [2.24, 2.45) is 0 Å². The molecule has 0 atom stereocenters. The van der Waals surface area contributed by atoms with Crippen LogP contribution in [-0.4, -0.2) is 20.8 Å². The van der Waals surface area contributed by atoms with E-state index < -0.39 is 0 Å². The first-order valence-corrected chi connectivity index (χ1v) is 11.8. The van der Waals surface area contributed by atoms with Crippen molar-refractivity contribution >= 4 is 28.8 Å². The largest absolute Gasteiger partial charge is 0.377 e. The van der Waals surface area contributed by atoms with E-state index in [2.05, 4.69) is 112 Å². The number of aryl methyl sites for hydroxylation is 6. The van der Waals surface area contributed by atoms with Crippen LogP contribution in [0.1, 0.15) is 55.6 Å². The average Bonchev–Trinajstić information content (AvgIpc) is 2.64. The lowest BCUT2D eigenvalue weighted by atomic mass is 9.32. The molecule has 0 fully saturated rings. The van der Waals surface area contributed by atoms with Crippen molar-refractivity contribution < 1.29 is 0 Å². The Morgan fingerprint density at radius 3 is 1.06 bits per heavy atom. The SMILES string of the molecule is Cc1cc(C)c(B(c2c(C)cc(C)cc2C)c2c(C)c(C)c(N(C)C)c(C)c2C)c(C)c1. The van der Waals surface area contributed by atoms with Crippen molar-refractivity contribution in [3.63, 3.8) is 0 Å². The van der Waals surface area contributed by atoms with Crippen LogP contribution >= 0.6 is 0 Å². The molecule has 0 aliphatic rings. The molecule has 1 nitrogen and oxygen atoms in total. The van der Waals surface area contributed by atoms with Gasteiger partial charge >= 0.3 is 0 Å². The summed E-state index contributed by atoms with van der Waals surface area (Å²) in [4.78, 5) is 2.27.